The van der Waals surface area contributed by atoms with Crippen molar-refractivity contribution in [3.63, 3.8) is 0 Å². The van der Waals surface area contributed by atoms with Crippen LogP contribution in [0.25, 0.3) is 0 Å². The van der Waals surface area contributed by atoms with Crippen LogP contribution in [0.5, 0.6) is 0 Å². The molecule has 1 aromatic heterocycles. The fourth-order valence-electron chi connectivity index (χ4n) is 1.49. The topological polar surface area (TPSA) is 78.0 Å². The van der Waals surface area contributed by atoms with Gasteiger partial charge in [0.05, 0.1) is 23.9 Å². The lowest BCUT2D eigenvalue weighted by atomic mass is 10.2. The molecule has 1 amide bonds. The van der Waals surface area contributed by atoms with E-state index in [1.807, 2.05) is 0 Å². The largest absolute Gasteiger partial charge is 0.395 e. The number of carbonyl (C=O) groups is 1. The predicted molar refractivity (Wildman–Crippen MR) is 71.5 cm³/mol. The van der Waals surface area contributed by atoms with Crippen molar-refractivity contribution in [3.8, 4) is 11.8 Å². The summed E-state index contributed by atoms with van der Waals surface area (Å²) in [5.74, 6) is 4.42. The number of hydrogen-bond acceptors (Lipinski definition) is 3. The van der Waals surface area contributed by atoms with E-state index in [0.717, 1.165) is 0 Å². The number of halogens is 1. The number of aromatic amines is 1. The highest BCUT2D eigenvalue weighted by Crippen LogP contribution is 2.15. The average molecular weight is 273 g/mol. The fraction of sp³-hybridized carbons (Fsp3) is 0.143. The Labute approximate surface area is 114 Å². The van der Waals surface area contributed by atoms with Crippen LogP contribution in [0.2, 0.25) is 0 Å². The smallest absolute Gasteiger partial charge is 0.258 e. The quantitative estimate of drug-likeness (QED) is 0.742. The highest BCUT2D eigenvalue weighted by Gasteiger charge is 2.08. The lowest BCUT2D eigenvalue weighted by Crippen LogP contribution is -2.11. The van der Waals surface area contributed by atoms with Gasteiger partial charge >= 0.3 is 0 Å². The first-order valence-electron chi connectivity index (χ1n) is 5.90. The van der Waals surface area contributed by atoms with Crippen LogP contribution in [0.1, 0.15) is 22.3 Å². The van der Waals surface area contributed by atoms with E-state index >= 15 is 0 Å². The molecule has 0 aliphatic rings. The van der Waals surface area contributed by atoms with Crippen LogP contribution in [-0.4, -0.2) is 27.8 Å². The van der Waals surface area contributed by atoms with Crippen molar-refractivity contribution in [3.05, 3.63) is 47.5 Å². The van der Waals surface area contributed by atoms with E-state index in [2.05, 4.69) is 27.4 Å². The molecule has 6 heteroatoms. The van der Waals surface area contributed by atoms with Crippen LogP contribution in [-0.2, 0) is 0 Å². The minimum absolute atomic E-state index is 0.0778. The number of carbonyl (C=O) groups excluding carboxylic acids is 1. The average Bonchev–Trinajstić information content (AvgIpc) is 2.96. The second-order valence-corrected chi connectivity index (χ2v) is 3.91. The highest BCUT2D eigenvalue weighted by molar-refractivity contribution is 6.03. The van der Waals surface area contributed by atoms with Gasteiger partial charge in [-0.3, -0.25) is 9.89 Å². The molecule has 0 bridgehead atoms. The van der Waals surface area contributed by atoms with Gasteiger partial charge in [-0.1, -0.05) is 11.8 Å². The lowest BCUT2D eigenvalue weighted by molar-refractivity contribution is 0.102. The van der Waals surface area contributed by atoms with Crippen molar-refractivity contribution in [2.45, 2.75) is 6.42 Å². The minimum Gasteiger partial charge on any atom is -0.395 e. The van der Waals surface area contributed by atoms with E-state index in [0.29, 0.717) is 11.3 Å². The second-order valence-electron chi connectivity index (χ2n) is 3.91. The van der Waals surface area contributed by atoms with Crippen LogP contribution in [0.3, 0.4) is 0 Å². The number of nitrogens with one attached hydrogen (secondary N) is 2. The zero-order valence-electron chi connectivity index (χ0n) is 10.5. The van der Waals surface area contributed by atoms with Gasteiger partial charge in [0.1, 0.15) is 5.82 Å². The molecule has 0 spiro atoms. The van der Waals surface area contributed by atoms with E-state index < -0.39 is 5.82 Å². The highest BCUT2D eigenvalue weighted by atomic mass is 19.1. The molecule has 102 valence electrons. The number of amides is 1. The maximum Gasteiger partial charge on any atom is 0.258 e. The Bertz CT molecular complexity index is 657. The molecule has 2 aromatic rings. The first-order chi connectivity index (χ1) is 9.70. The van der Waals surface area contributed by atoms with E-state index in [-0.39, 0.29) is 24.5 Å². The Morgan fingerprint density at radius 2 is 2.35 bits per heavy atom. The maximum atomic E-state index is 13.5. The number of aliphatic hydroxyl groups is 1. The zero-order chi connectivity index (χ0) is 14.4. The first-order valence-corrected chi connectivity index (χ1v) is 5.90. The number of rotatable bonds is 3. The molecule has 0 unspecified atom stereocenters. The normalized spacial score (nSPS) is 9.70. The molecular weight excluding hydrogens is 261 g/mol. The van der Waals surface area contributed by atoms with Gasteiger partial charge in [0.2, 0.25) is 0 Å². The number of hydrogen-bond donors (Lipinski definition) is 3. The van der Waals surface area contributed by atoms with E-state index in [1.165, 1.54) is 30.6 Å². The van der Waals surface area contributed by atoms with E-state index in [4.69, 9.17) is 5.11 Å². The summed E-state index contributed by atoms with van der Waals surface area (Å²) in [4.78, 5) is 11.8. The maximum absolute atomic E-state index is 13.5. The summed E-state index contributed by atoms with van der Waals surface area (Å²) in [7, 11) is 0. The zero-order valence-corrected chi connectivity index (χ0v) is 10.5. The third-order valence-electron chi connectivity index (χ3n) is 2.44. The fourth-order valence-corrected chi connectivity index (χ4v) is 1.49. The van der Waals surface area contributed by atoms with Gasteiger partial charge in [-0.15, -0.1) is 0 Å². The molecule has 1 heterocycles. The molecule has 5 nitrogen and oxygen atoms in total. The number of anilines is 1. The van der Waals surface area contributed by atoms with Crippen LogP contribution in [0, 0.1) is 17.7 Å². The van der Waals surface area contributed by atoms with Crippen molar-refractivity contribution in [2.75, 3.05) is 11.9 Å². The number of benzene rings is 1. The van der Waals surface area contributed by atoms with Crippen LogP contribution >= 0.6 is 0 Å². The summed E-state index contributed by atoms with van der Waals surface area (Å²) >= 11 is 0. The van der Waals surface area contributed by atoms with Crippen LogP contribution < -0.4 is 5.32 Å². The molecule has 0 aliphatic heterocycles. The molecule has 0 aliphatic carbocycles. The molecular formula is C14H12FN3O2. The van der Waals surface area contributed by atoms with Gasteiger partial charge in [0.25, 0.3) is 5.91 Å². The third kappa shape index (κ3) is 3.43. The Morgan fingerprint density at radius 3 is 3.05 bits per heavy atom. The summed E-state index contributed by atoms with van der Waals surface area (Å²) in [5.41, 5.74) is 0.983. The molecule has 0 fully saturated rings. The summed E-state index contributed by atoms with van der Waals surface area (Å²) in [6, 6.07) is 4.12. The van der Waals surface area contributed by atoms with Gasteiger partial charge < -0.3 is 10.4 Å². The van der Waals surface area contributed by atoms with E-state index in [1.54, 1.807) is 0 Å². The molecule has 0 saturated heterocycles. The third-order valence-corrected chi connectivity index (χ3v) is 2.44. The lowest BCUT2D eigenvalue weighted by Gasteiger charge is -2.04. The Morgan fingerprint density at radius 1 is 1.50 bits per heavy atom. The van der Waals surface area contributed by atoms with Crippen LogP contribution in [0.15, 0.2) is 30.6 Å². The van der Waals surface area contributed by atoms with Crippen LogP contribution in [0.4, 0.5) is 10.1 Å². The number of nitrogens with zero attached hydrogens (tertiary/aromatic N) is 1. The Kier molecular flexibility index (Phi) is 4.47. The summed E-state index contributed by atoms with van der Waals surface area (Å²) in [6.45, 7) is -0.0778. The van der Waals surface area contributed by atoms with Crippen molar-refractivity contribution >= 4 is 11.6 Å². The monoisotopic (exact) mass is 273 g/mol. The molecule has 3 N–H and O–H groups in total. The van der Waals surface area contributed by atoms with Crippen molar-refractivity contribution < 1.29 is 14.3 Å². The van der Waals surface area contributed by atoms with Crippen molar-refractivity contribution in [1.82, 2.24) is 10.2 Å². The molecule has 0 saturated carbocycles. The van der Waals surface area contributed by atoms with Crippen molar-refractivity contribution in [2.24, 2.45) is 0 Å². The second kappa shape index (κ2) is 6.50. The van der Waals surface area contributed by atoms with Gasteiger partial charge in [-0.2, -0.15) is 5.10 Å². The SMILES string of the molecule is O=C(Nc1ccc(F)c(C#CCCO)c1)c1cn[nH]c1. The Balaban J connectivity index is 2.15. The minimum atomic E-state index is -0.475. The molecule has 0 atom stereocenters. The summed E-state index contributed by atoms with van der Waals surface area (Å²) in [5, 5.41) is 17.5. The number of H-pyrrole nitrogens is 1. The molecule has 0 radical (unpaired) electrons. The number of aliphatic hydroxyl groups excluding tert-OH is 1. The standard InChI is InChI=1S/C14H12FN3O2/c15-13-5-4-12(7-10(13)3-1-2-6-19)18-14(20)11-8-16-17-9-11/h4-5,7-9,19H,2,6H2,(H,16,17)(H,18,20). The Hall–Kier alpha value is -2.65. The predicted octanol–water partition coefficient (Wildman–Crippen LogP) is 1.53. The number of aromatic nitrogens is 2. The summed E-state index contributed by atoms with van der Waals surface area (Å²) < 4.78 is 13.5. The first kappa shape index (κ1) is 13.8. The molecule has 1 aromatic carbocycles. The summed E-state index contributed by atoms with van der Waals surface area (Å²) in [6.07, 6.45) is 3.12. The molecule has 20 heavy (non-hydrogen) atoms. The van der Waals surface area contributed by atoms with Crippen molar-refractivity contribution in [1.29, 1.82) is 0 Å². The van der Waals surface area contributed by atoms with Gasteiger partial charge in [-0.25, -0.2) is 4.39 Å². The van der Waals surface area contributed by atoms with E-state index in [9.17, 15) is 9.18 Å². The van der Waals surface area contributed by atoms with Gasteiger partial charge in [0.15, 0.2) is 0 Å². The molecule has 2 rings (SSSR count). The van der Waals surface area contributed by atoms with Gasteiger partial charge in [0, 0.05) is 18.3 Å². The van der Waals surface area contributed by atoms with Gasteiger partial charge in [-0.05, 0) is 18.2 Å².